The van der Waals surface area contributed by atoms with Crippen molar-refractivity contribution < 1.29 is 133 Å². The number of alkyl halides is 26. The molecule has 0 heterocycles. The van der Waals surface area contributed by atoms with E-state index in [0.29, 0.717) is 7.18 Å². The lowest BCUT2D eigenvalue weighted by atomic mass is 10.4. The second kappa shape index (κ2) is 23.4. The highest BCUT2D eigenvalue weighted by Gasteiger charge is 2.59. The van der Waals surface area contributed by atoms with Crippen LogP contribution >= 0.6 is 0 Å². The Labute approximate surface area is 232 Å². The number of rotatable bonds is 8. The summed E-state index contributed by atoms with van der Waals surface area (Å²) in [7, 11) is 0.500. The molecular weight excluding hydrogens is 738 g/mol. The number of ether oxygens (including phenoxy) is 4. The van der Waals surface area contributed by atoms with Gasteiger partial charge in [0.05, 0.1) is 7.18 Å². The van der Waals surface area contributed by atoms with Gasteiger partial charge in [-0.05, 0) is 0 Å². The summed E-state index contributed by atoms with van der Waals surface area (Å²) in [5, 5.41) is 0. The third-order valence-electron chi connectivity index (χ3n) is 2.13. The lowest BCUT2D eigenvalue weighted by Crippen LogP contribution is -2.39. The monoisotopic (exact) mass is 754 g/mol. The van der Waals surface area contributed by atoms with E-state index in [-0.39, 0.29) is 6.92 Å². The maximum atomic E-state index is 11.7. The molecule has 282 valence electrons. The Bertz CT molecular complexity index is 622. The number of hydrogen-bond acceptors (Lipinski definition) is 4. The molecule has 0 N–H and O–H groups in total. The predicted molar refractivity (Wildman–Crippen MR) is 90.9 cm³/mol. The van der Waals surface area contributed by atoms with E-state index in [0.717, 1.165) is 0 Å². The minimum atomic E-state index is -5.85. The first kappa shape index (κ1) is 55.4. The normalized spacial score (nSPS) is 12.8. The summed E-state index contributed by atoms with van der Waals surface area (Å²) < 4.78 is 294. The Balaban J connectivity index is -0.000000107. The van der Waals surface area contributed by atoms with Crippen LogP contribution in [0.25, 0.3) is 0 Å². The topological polar surface area (TPSA) is 36.9 Å². The van der Waals surface area contributed by atoms with Gasteiger partial charge < -0.3 is 0 Å². The standard InChI is InChI=1S/C4H5F5O.3C3H2F6O.CH2F2.CH3F/c1-3(6,7)4(8,9)10-2-5;4-1-10-3(8,9)2(5,6)7;4-2(5,6)1-10-3(7,8)9;4-1-2(5,6)10-3(7,8)9;2-1-3;1-2/h2H2,1H3;3*1H2;1H2;1H3. The van der Waals surface area contributed by atoms with Crippen LogP contribution < -0.4 is 0 Å². The zero-order chi connectivity index (χ0) is 38.4. The van der Waals surface area contributed by atoms with Crippen molar-refractivity contribution in [2.45, 2.75) is 56.2 Å². The van der Waals surface area contributed by atoms with Crippen LogP contribution in [-0.4, -0.2) is 90.4 Å². The molecule has 45 heavy (non-hydrogen) atoms. The first-order valence-corrected chi connectivity index (χ1v) is 9.09. The fraction of sp³-hybridized carbons (Fsp3) is 1.00. The van der Waals surface area contributed by atoms with Crippen molar-refractivity contribution in [1.29, 1.82) is 0 Å². The summed E-state index contributed by atoms with van der Waals surface area (Å²) in [6.45, 7) is -10.7. The van der Waals surface area contributed by atoms with Crippen LogP contribution in [-0.2, 0) is 18.9 Å². The summed E-state index contributed by atoms with van der Waals surface area (Å²) in [6, 6.07) is 0. The first-order chi connectivity index (χ1) is 19.5. The van der Waals surface area contributed by atoms with Gasteiger partial charge in [0.2, 0.25) is 6.93 Å². The Morgan fingerprint density at radius 1 is 0.467 bits per heavy atom. The molecule has 0 amide bonds. The smallest absolute Gasteiger partial charge is 0.284 e. The molecule has 0 aromatic heterocycles. The van der Waals surface area contributed by atoms with Crippen molar-refractivity contribution in [3.05, 3.63) is 0 Å². The van der Waals surface area contributed by atoms with Crippen LogP contribution in [0.4, 0.5) is 114 Å². The average molecular weight is 754 g/mol. The molecule has 0 rings (SSSR count). The van der Waals surface area contributed by atoms with E-state index < -0.39 is 83.3 Å². The van der Waals surface area contributed by atoms with Gasteiger partial charge >= 0.3 is 49.3 Å². The van der Waals surface area contributed by atoms with E-state index >= 15 is 0 Å². The molecule has 0 aliphatic rings. The molecule has 0 fully saturated rings. The molecule has 4 nitrogen and oxygen atoms in total. The second-order valence-corrected chi connectivity index (χ2v) is 5.70. The molecule has 0 atom stereocenters. The van der Waals surface area contributed by atoms with Crippen molar-refractivity contribution in [1.82, 2.24) is 0 Å². The van der Waals surface area contributed by atoms with Gasteiger partial charge in [-0.1, -0.05) is 0 Å². The van der Waals surface area contributed by atoms with E-state index in [2.05, 4.69) is 18.9 Å². The third-order valence-corrected chi connectivity index (χ3v) is 2.13. The van der Waals surface area contributed by atoms with Gasteiger partial charge in [0.1, 0.15) is 0 Å². The highest BCUT2D eigenvalue weighted by atomic mass is 19.4. The van der Waals surface area contributed by atoms with Gasteiger partial charge in [-0.2, -0.15) is 61.5 Å². The van der Waals surface area contributed by atoms with Crippen molar-refractivity contribution in [2.75, 3.05) is 41.1 Å². The largest absolute Gasteiger partial charge is 0.527 e. The highest BCUT2D eigenvalue weighted by Crippen LogP contribution is 2.36. The minimum absolute atomic E-state index is 0.0529. The lowest BCUT2D eigenvalue weighted by Gasteiger charge is -2.20. The maximum Gasteiger partial charge on any atom is 0.527 e. The first-order valence-electron chi connectivity index (χ1n) is 9.09. The summed E-state index contributed by atoms with van der Waals surface area (Å²) >= 11 is 0. The van der Waals surface area contributed by atoms with Gasteiger partial charge in [-0.3, -0.25) is 18.6 Å². The Kier molecular flexibility index (Phi) is 28.8. The molecule has 0 unspecified atom stereocenters. The second-order valence-electron chi connectivity index (χ2n) is 5.70. The lowest BCUT2D eigenvalue weighted by molar-refractivity contribution is -0.426. The van der Waals surface area contributed by atoms with Gasteiger partial charge in [-0.15, -0.1) is 26.3 Å². The molecule has 0 aliphatic carbocycles. The van der Waals surface area contributed by atoms with Crippen LogP contribution in [0, 0.1) is 0 Å². The molecule has 0 aliphatic heterocycles. The highest BCUT2D eigenvalue weighted by molar-refractivity contribution is 4.69. The predicted octanol–water partition coefficient (Wildman–Crippen LogP) is 9.90. The maximum absolute atomic E-state index is 11.7. The fourth-order valence-electron chi connectivity index (χ4n) is 0.706. The molecule has 30 heteroatoms. The molecule has 0 saturated carbocycles. The molecule has 0 spiro atoms. The van der Waals surface area contributed by atoms with E-state index in [1.54, 1.807) is 0 Å². The molecular formula is C15H16F26O4. The molecule has 0 bridgehead atoms. The molecule has 0 aromatic carbocycles. The van der Waals surface area contributed by atoms with Gasteiger partial charge in [0.15, 0.2) is 27.0 Å². The van der Waals surface area contributed by atoms with Crippen molar-refractivity contribution in [2.24, 2.45) is 0 Å². The zero-order valence-electron chi connectivity index (χ0n) is 21.0. The van der Waals surface area contributed by atoms with Crippen molar-refractivity contribution in [3.8, 4) is 0 Å². The zero-order valence-corrected chi connectivity index (χ0v) is 21.0. The summed E-state index contributed by atoms with van der Waals surface area (Å²) in [4.78, 5) is 0. The SMILES string of the molecule is CC(F)(F)C(F)(F)OCF.CF.FC(F)(F)COC(F)(F)F.FCC(F)(F)OC(F)(F)F.FCF.FCOC(F)(F)C(F)(F)F. The van der Waals surface area contributed by atoms with Crippen LogP contribution in [0.5, 0.6) is 0 Å². The van der Waals surface area contributed by atoms with E-state index in [4.69, 9.17) is 0 Å². The van der Waals surface area contributed by atoms with Crippen LogP contribution in [0.15, 0.2) is 0 Å². The van der Waals surface area contributed by atoms with E-state index in [1.807, 2.05) is 0 Å². The Morgan fingerprint density at radius 3 is 0.867 bits per heavy atom. The van der Waals surface area contributed by atoms with Crippen LogP contribution in [0.3, 0.4) is 0 Å². The van der Waals surface area contributed by atoms with Crippen LogP contribution in [0.2, 0.25) is 0 Å². The number of halogens is 26. The summed E-state index contributed by atoms with van der Waals surface area (Å²) in [6.07, 6.45) is -36.4. The molecule has 0 aromatic rings. The van der Waals surface area contributed by atoms with E-state index in [1.165, 1.54) is 0 Å². The molecule has 0 radical (unpaired) electrons. The quantitative estimate of drug-likeness (QED) is 0.232. The van der Waals surface area contributed by atoms with Crippen molar-refractivity contribution >= 4 is 0 Å². The number of hydrogen-bond donors (Lipinski definition) is 0. The fourth-order valence-corrected chi connectivity index (χ4v) is 0.706. The van der Waals surface area contributed by atoms with Gasteiger partial charge in [-0.25, -0.2) is 26.7 Å². The van der Waals surface area contributed by atoms with Crippen molar-refractivity contribution in [3.63, 3.8) is 0 Å². The van der Waals surface area contributed by atoms with Gasteiger partial charge in [0, 0.05) is 6.92 Å². The van der Waals surface area contributed by atoms with E-state index in [9.17, 15) is 114 Å². The van der Waals surface area contributed by atoms with Gasteiger partial charge in [0.25, 0.3) is 0 Å². The third kappa shape index (κ3) is 42.0. The summed E-state index contributed by atoms with van der Waals surface area (Å²) in [5.74, 6) is -4.35. The Morgan fingerprint density at radius 2 is 0.778 bits per heavy atom. The average Bonchev–Trinajstić information content (AvgIpc) is 2.77. The molecule has 0 saturated heterocycles. The Hall–Kier alpha value is -1.98. The summed E-state index contributed by atoms with van der Waals surface area (Å²) in [5.41, 5.74) is 0. The minimum Gasteiger partial charge on any atom is -0.284 e. The van der Waals surface area contributed by atoms with Crippen LogP contribution in [0.1, 0.15) is 6.92 Å².